The molecule has 1 aromatic heterocycles. The lowest BCUT2D eigenvalue weighted by Gasteiger charge is -2.10. The van der Waals surface area contributed by atoms with Crippen LogP contribution in [0.3, 0.4) is 0 Å². The molecular weight excluding hydrogens is 252 g/mol. The summed E-state index contributed by atoms with van der Waals surface area (Å²) in [6.45, 7) is 0. The Morgan fingerprint density at radius 1 is 1.41 bits per heavy atom. The summed E-state index contributed by atoms with van der Waals surface area (Å²) in [4.78, 5) is 0. The van der Waals surface area contributed by atoms with Crippen molar-refractivity contribution in [3.8, 4) is 17.0 Å². The molecule has 17 heavy (non-hydrogen) atoms. The Bertz CT molecular complexity index is 571. The highest BCUT2D eigenvalue weighted by Crippen LogP contribution is 2.39. The number of benzene rings is 1. The van der Waals surface area contributed by atoms with Gasteiger partial charge in [0.05, 0.1) is 23.4 Å². The van der Waals surface area contributed by atoms with Gasteiger partial charge < -0.3 is 10.5 Å². The van der Waals surface area contributed by atoms with Crippen LogP contribution < -0.4 is 10.5 Å². The summed E-state index contributed by atoms with van der Waals surface area (Å²) in [7, 11) is 1.31. The average Bonchev–Trinajstić information content (AvgIpc) is 2.69. The molecule has 0 saturated carbocycles. The molecule has 3 N–H and O–H groups in total. The third-order valence-electron chi connectivity index (χ3n) is 2.20. The predicted octanol–water partition coefficient (Wildman–Crippen LogP) is 2.60. The summed E-state index contributed by atoms with van der Waals surface area (Å²) >= 11 is 5.77. The van der Waals surface area contributed by atoms with Crippen LogP contribution in [0.25, 0.3) is 11.3 Å². The molecule has 0 radical (unpaired) electrons. The second-order valence-corrected chi connectivity index (χ2v) is 3.68. The first-order chi connectivity index (χ1) is 8.04. The summed E-state index contributed by atoms with van der Waals surface area (Å²) in [6.07, 6.45) is 0. The van der Waals surface area contributed by atoms with Crippen LogP contribution in [0.15, 0.2) is 12.1 Å². The van der Waals surface area contributed by atoms with E-state index in [9.17, 15) is 8.78 Å². The molecule has 0 fully saturated rings. The number of nitrogens with one attached hydrogen (secondary N) is 1. The SMILES string of the molecule is COc1c(Cl)cc(F)c(F)c1-c1cc(N)n[nH]1. The van der Waals surface area contributed by atoms with Gasteiger partial charge in [-0.05, 0) is 6.07 Å². The van der Waals surface area contributed by atoms with Crippen LogP contribution in [0.5, 0.6) is 5.75 Å². The minimum atomic E-state index is -1.07. The molecule has 1 heterocycles. The van der Waals surface area contributed by atoms with E-state index in [1.54, 1.807) is 0 Å². The molecule has 4 nitrogen and oxygen atoms in total. The number of nitrogen functional groups attached to an aromatic ring is 1. The number of anilines is 1. The van der Waals surface area contributed by atoms with E-state index in [0.717, 1.165) is 6.07 Å². The van der Waals surface area contributed by atoms with Gasteiger partial charge in [-0.25, -0.2) is 8.78 Å². The van der Waals surface area contributed by atoms with Gasteiger partial charge in [0.2, 0.25) is 0 Å². The van der Waals surface area contributed by atoms with Crippen LogP contribution in [0.1, 0.15) is 0 Å². The smallest absolute Gasteiger partial charge is 0.172 e. The fraction of sp³-hybridized carbons (Fsp3) is 0.100. The molecule has 7 heteroatoms. The number of nitrogens with two attached hydrogens (primary N) is 1. The monoisotopic (exact) mass is 259 g/mol. The number of aromatic nitrogens is 2. The number of hydrogen-bond acceptors (Lipinski definition) is 3. The first-order valence-corrected chi connectivity index (χ1v) is 4.95. The Morgan fingerprint density at radius 2 is 2.12 bits per heavy atom. The quantitative estimate of drug-likeness (QED) is 0.815. The van der Waals surface area contributed by atoms with Crippen LogP contribution >= 0.6 is 11.6 Å². The van der Waals surface area contributed by atoms with Gasteiger partial charge in [0.1, 0.15) is 11.6 Å². The molecule has 0 amide bonds. The first kappa shape index (κ1) is 11.7. The van der Waals surface area contributed by atoms with Gasteiger partial charge in [-0.2, -0.15) is 5.10 Å². The maximum atomic E-state index is 13.7. The number of methoxy groups -OCH3 is 1. The summed E-state index contributed by atoms with van der Waals surface area (Å²) in [6, 6.07) is 2.20. The molecule has 0 aliphatic carbocycles. The van der Waals surface area contributed by atoms with E-state index < -0.39 is 11.6 Å². The van der Waals surface area contributed by atoms with Gasteiger partial charge in [0.25, 0.3) is 0 Å². The molecule has 0 atom stereocenters. The van der Waals surface area contributed by atoms with Gasteiger partial charge in [0, 0.05) is 6.07 Å². The number of ether oxygens (including phenoxy) is 1. The van der Waals surface area contributed by atoms with Crippen LogP contribution in [0.4, 0.5) is 14.6 Å². The van der Waals surface area contributed by atoms with Crippen molar-refractivity contribution < 1.29 is 13.5 Å². The van der Waals surface area contributed by atoms with Crippen molar-refractivity contribution in [2.45, 2.75) is 0 Å². The number of aromatic amines is 1. The summed E-state index contributed by atoms with van der Waals surface area (Å²) < 4.78 is 31.9. The summed E-state index contributed by atoms with van der Waals surface area (Å²) in [5, 5.41) is 6.07. The van der Waals surface area contributed by atoms with Crippen LogP contribution in [-0.4, -0.2) is 17.3 Å². The van der Waals surface area contributed by atoms with Crippen LogP contribution in [0, 0.1) is 11.6 Å². The van der Waals surface area contributed by atoms with Crippen molar-refractivity contribution in [2.24, 2.45) is 0 Å². The lowest BCUT2D eigenvalue weighted by molar-refractivity contribution is 0.409. The van der Waals surface area contributed by atoms with Gasteiger partial charge in [-0.15, -0.1) is 0 Å². The molecule has 0 aliphatic heterocycles. The molecule has 2 rings (SSSR count). The minimum absolute atomic E-state index is 0.0224. The lowest BCUT2D eigenvalue weighted by atomic mass is 10.1. The molecule has 1 aromatic carbocycles. The van der Waals surface area contributed by atoms with Crippen molar-refractivity contribution >= 4 is 17.4 Å². The van der Waals surface area contributed by atoms with E-state index in [-0.39, 0.29) is 27.8 Å². The second-order valence-electron chi connectivity index (χ2n) is 3.27. The Hall–Kier alpha value is -1.82. The van der Waals surface area contributed by atoms with Crippen molar-refractivity contribution in [3.63, 3.8) is 0 Å². The number of nitrogens with zero attached hydrogens (tertiary/aromatic N) is 1. The van der Waals surface area contributed by atoms with Gasteiger partial charge in [-0.1, -0.05) is 11.6 Å². The standard InChI is InChI=1S/C10H8ClF2N3O/c1-17-10-4(11)2-5(12)9(13)8(10)6-3-7(14)16-15-6/h2-3H,1H3,(H3,14,15,16). The van der Waals surface area contributed by atoms with E-state index >= 15 is 0 Å². The third-order valence-corrected chi connectivity index (χ3v) is 2.48. The topological polar surface area (TPSA) is 63.9 Å². The van der Waals surface area contributed by atoms with Crippen molar-refractivity contribution in [3.05, 3.63) is 28.8 Å². The van der Waals surface area contributed by atoms with E-state index in [2.05, 4.69) is 10.2 Å². The zero-order valence-electron chi connectivity index (χ0n) is 8.72. The number of rotatable bonds is 2. The highest BCUT2D eigenvalue weighted by molar-refractivity contribution is 6.32. The van der Waals surface area contributed by atoms with E-state index in [0.29, 0.717) is 0 Å². The van der Waals surface area contributed by atoms with Crippen molar-refractivity contribution in [1.29, 1.82) is 0 Å². The Kier molecular flexibility index (Phi) is 2.89. The third kappa shape index (κ3) is 1.91. The maximum Gasteiger partial charge on any atom is 0.172 e. The zero-order valence-corrected chi connectivity index (χ0v) is 9.48. The van der Waals surface area contributed by atoms with Gasteiger partial charge >= 0.3 is 0 Å². The maximum absolute atomic E-state index is 13.7. The minimum Gasteiger partial charge on any atom is -0.494 e. The fourth-order valence-corrected chi connectivity index (χ4v) is 1.75. The molecule has 2 aromatic rings. The largest absolute Gasteiger partial charge is 0.494 e. The number of halogens is 3. The molecule has 90 valence electrons. The summed E-state index contributed by atoms with van der Waals surface area (Å²) in [5.74, 6) is -1.97. The molecule has 0 unspecified atom stereocenters. The second kappa shape index (κ2) is 4.21. The average molecular weight is 260 g/mol. The molecule has 0 bridgehead atoms. The van der Waals surface area contributed by atoms with Gasteiger partial charge in [0.15, 0.2) is 11.6 Å². The Labute approximate surface area is 100 Å². The fourth-order valence-electron chi connectivity index (χ4n) is 1.48. The lowest BCUT2D eigenvalue weighted by Crippen LogP contribution is -1.96. The van der Waals surface area contributed by atoms with Crippen LogP contribution in [-0.2, 0) is 0 Å². The van der Waals surface area contributed by atoms with Crippen molar-refractivity contribution in [2.75, 3.05) is 12.8 Å². The first-order valence-electron chi connectivity index (χ1n) is 4.57. The van der Waals surface area contributed by atoms with Gasteiger partial charge in [-0.3, -0.25) is 5.10 Å². The molecule has 0 saturated heterocycles. The summed E-state index contributed by atoms with van der Waals surface area (Å²) in [5.41, 5.74) is 5.46. The van der Waals surface area contributed by atoms with Crippen molar-refractivity contribution in [1.82, 2.24) is 10.2 Å². The predicted molar refractivity (Wildman–Crippen MR) is 59.9 cm³/mol. The highest BCUT2D eigenvalue weighted by Gasteiger charge is 2.21. The number of hydrogen-bond donors (Lipinski definition) is 2. The van der Waals surface area contributed by atoms with E-state index in [1.165, 1.54) is 13.2 Å². The van der Waals surface area contributed by atoms with E-state index in [1.807, 2.05) is 0 Å². The van der Waals surface area contributed by atoms with Crippen LogP contribution in [0.2, 0.25) is 5.02 Å². The molecule has 0 aliphatic rings. The molecular formula is C10H8ClF2N3O. The Morgan fingerprint density at radius 3 is 2.65 bits per heavy atom. The zero-order chi connectivity index (χ0) is 12.6. The van der Waals surface area contributed by atoms with E-state index in [4.69, 9.17) is 22.1 Å². The molecule has 0 spiro atoms. The highest BCUT2D eigenvalue weighted by atomic mass is 35.5. The normalized spacial score (nSPS) is 10.6. The number of H-pyrrole nitrogens is 1. The Balaban J connectivity index is 2.74.